The van der Waals surface area contributed by atoms with Crippen LogP contribution in [0.5, 0.6) is 0 Å². The van der Waals surface area contributed by atoms with Gasteiger partial charge in [0.25, 0.3) is 0 Å². The number of rotatable bonds is 4. The second-order valence-electron chi connectivity index (χ2n) is 6.04. The van der Waals surface area contributed by atoms with Gasteiger partial charge in [-0.05, 0) is 43.6 Å². The van der Waals surface area contributed by atoms with Crippen LogP contribution >= 0.6 is 11.3 Å². The molecule has 20 heavy (non-hydrogen) atoms. The largest absolute Gasteiger partial charge is 0.336 e. The molecule has 2 fully saturated rings. The number of hydrogen-bond acceptors (Lipinski definition) is 3. The fourth-order valence-corrected chi connectivity index (χ4v) is 4.39. The van der Waals surface area contributed by atoms with E-state index in [0.717, 1.165) is 25.4 Å². The maximum absolute atomic E-state index is 12.7. The zero-order valence-corrected chi connectivity index (χ0v) is 13.0. The van der Waals surface area contributed by atoms with Gasteiger partial charge in [0.05, 0.1) is 12.6 Å². The molecule has 1 saturated heterocycles. The van der Waals surface area contributed by atoms with Crippen LogP contribution in [0.4, 0.5) is 0 Å². The fourth-order valence-electron chi connectivity index (χ4n) is 3.67. The second-order valence-corrected chi connectivity index (χ2v) is 7.07. The number of nitrogens with zero attached hydrogens (tertiary/aromatic N) is 1. The zero-order valence-electron chi connectivity index (χ0n) is 12.2. The Bertz CT molecular complexity index is 431. The molecule has 110 valence electrons. The molecular weight excluding hydrogens is 268 g/mol. The smallest absolute Gasteiger partial charge is 0.240 e. The van der Waals surface area contributed by atoms with E-state index in [-0.39, 0.29) is 6.04 Å². The average Bonchev–Trinajstić information content (AvgIpc) is 3.12. The van der Waals surface area contributed by atoms with Gasteiger partial charge in [-0.3, -0.25) is 4.79 Å². The Balaban J connectivity index is 1.62. The first-order valence-corrected chi connectivity index (χ1v) is 8.73. The zero-order chi connectivity index (χ0) is 13.9. The van der Waals surface area contributed by atoms with Gasteiger partial charge in [0.1, 0.15) is 0 Å². The summed E-state index contributed by atoms with van der Waals surface area (Å²) in [5, 5.41) is 5.68. The van der Waals surface area contributed by atoms with Crippen LogP contribution in [0.1, 0.15) is 43.9 Å². The molecule has 2 heterocycles. The molecule has 1 amide bonds. The van der Waals surface area contributed by atoms with Gasteiger partial charge in [-0.25, -0.2) is 0 Å². The molecule has 1 aromatic heterocycles. The maximum Gasteiger partial charge on any atom is 0.240 e. The average molecular weight is 292 g/mol. The van der Waals surface area contributed by atoms with E-state index in [4.69, 9.17) is 0 Å². The van der Waals surface area contributed by atoms with E-state index in [1.807, 2.05) is 4.90 Å². The number of hydrogen-bond donors (Lipinski definition) is 1. The first-order valence-electron chi connectivity index (χ1n) is 7.85. The monoisotopic (exact) mass is 292 g/mol. The quantitative estimate of drug-likeness (QED) is 0.925. The van der Waals surface area contributed by atoms with E-state index < -0.39 is 0 Å². The van der Waals surface area contributed by atoms with Crippen molar-refractivity contribution in [2.24, 2.45) is 5.92 Å². The van der Waals surface area contributed by atoms with Gasteiger partial charge in [0, 0.05) is 17.5 Å². The molecule has 1 N–H and O–H groups in total. The Hall–Kier alpha value is -0.870. The number of carbonyl (C=O) groups excluding carboxylic acids is 1. The number of amides is 1. The molecular formula is C16H24N2OS. The van der Waals surface area contributed by atoms with E-state index in [1.165, 1.54) is 30.6 Å². The van der Waals surface area contributed by atoms with E-state index in [9.17, 15) is 4.79 Å². The topological polar surface area (TPSA) is 32.3 Å². The van der Waals surface area contributed by atoms with Crippen LogP contribution in [0.25, 0.3) is 0 Å². The number of likely N-dealkylation sites (N-methyl/N-ethyl adjacent to an activating group) is 1. The molecule has 3 unspecified atom stereocenters. The van der Waals surface area contributed by atoms with Crippen molar-refractivity contribution in [2.75, 3.05) is 6.54 Å². The van der Waals surface area contributed by atoms with Crippen molar-refractivity contribution in [3.63, 3.8) is 0 Å². The lowest BCUT2D eigenvalue weighted by Gasteiger charge is -2.25. The molecule has 1 saturated carbocycles. The molecule has 0 spiro atoms. The predicted octanol–water partition coefficient (Wildman–Crippen LogP) is 3.02. The summed E-state index contributed by atoms with van der Waals surface area (Å²) in [6, 6.07) is 4.82. The number of carbonyl (C=O) groups is 1. The van der Waals surface area contributed by atoms with Gasteiger partial charge in [0.2, 0.25) is 5.91 Å². The van der Waals surface area contributed by atoms with E-state index in [1.54, 1.807) is 11.3 Å². The third kappa shape index (κ3) is 2.91. The molecule has 1 aliphatic carbocycles. The standard InChI is InChI=1S/C16H24N2OS/c1-2-18(11-13-7-5-9-20-13)16(19)15-10-12-6-3-4-8-14(12)17-15/h5,7,9,12,14-15,17H,2-4,6,8,10-11H2,1H3. The third-order valence-electron chi connectivity index (χ3n) is 4.78. The van der Waals surface area contributed by atoms with Crippen LogP contribution in [0.3, 0.4) is 0 Å². The number of nitrogens with one attached hydrogen (secondary N) is 1. The summed E-state index contributed by atoms with van der Waals surface area (Å²) in [6.45, 7) is 3.64. The Labute approximate surface area is 125 Å². The molecule has 0 radical (unpaired) electrons. The Morgan fingerprint density at radius 3 is 3.00 bits per heavy atom. The molecule has 3 nitrogen and oxygen atoms in total. The van der Waals surface area contributed by atoms with Gasteiger partial charge in [0.15, 0.2) is 0 Å². The van der Waals surface area contributed by atoms with Gasteiger partial charge in [-0.1, -0.05) is 18.9 Å². The molecule has 1 aromatic rings. The number of thiophene rings is 1. The van der Waals surface area contributed by atoms with Gasteiger partial charge in [-0.15, -0.1) is 11.3 Å². The lowest BCUT2D eigenvalue weighted by Crippen LogP contribution is -2.45. The van der Waals surface area contributed by atoms with Crippen molar-refractivity contribution in [3.05, 3.63) is 22.4 Å². The second kappa shape index (κ2) is 6.27. The van der Waals surface area contributed by atoms with Crippen molar-refractivity contribution in [1.29, 1.82) is 0 Å². The highest BCUT2D eigenvalue weighted by Crippen LogP contribution is 2.33. The Kier molecular flexibility index (Phi) is 4.41. The van der Waals surface area contributed by atoms with Gasteiger partial charge < -0.3 is 10.2 Å². The van der Waals surface area contributed by atoms with Gasteiger partial charge in [-0.2, -0.15) is 0 Å². The highest BCUT2D eigenvalue weighted by atomic mass is 32.1. The molecule has 3 atom stereocenters. The first-order chi connectivity index (χ1) is 9.78. The predicted molar refractivity (Wildman–Crippen MR) is 82.7 cm³/mol. The lowest BCUT2D eigenvalue weighted by atomic mass is 9.85. The van der Waals surface area contributed by atoms with Crippen LogP contribution in [-0.4, -0.2) is 29.4 Å². The van der Waals surface area contributed by atoms with Crippen LogP contribution in [0.2, 0.25) is 0 Å². The van der Waals surface area contributed by atoms with Crippen LogP contribution in [0.15, 0.2) is 17.5 Å². The van der Waals surface area contributed by atoms with Crippen molar-refractivity contribution in [2.45, 2.75) is 57.7 Å². The first kappa shape index (κ1) is 14.1. The van der Waals surface area contributed by atoms with Crippen LogP contribution in [-0.2, 0) is 11.3 Å². The summed E-state index contributed by atoms with van der Waals surface area (Å²) >= 11 is 1.73. The van der Waals surface area contributed by atoms with Crippen molar-refractivity contribution in [3.8, 4) is 0 Å². The minimum absolute atomic E-state index is 0.0583. The molecule has 2 aliphatic rings. The van der Waals surface area contributed by atoms with Crippen LogP contribution in [0, 0.1) is 5.92 Å². The molecule has 0 aromatic carbocycles. The van der Waals surface area contributed by atoms with Crippen molar-refractivity contribution < 1.29 is 4.79 Å². The summed E-state index contributed by atoms with van der Waals surface area (Å²) in [7, 11) is 0. The molecule has 1 aliphatic heterocycles. The van der Waals surface area contributed by atoms with Crippen molar-refractivity contribution >= 4 is 17.2 Å². The maximum atomic E-state index is 12.7. The van der Waals surface area contributed by atoms with Crippen molar-refractivity contribution in [1.82, 2.24) is 10.2 Å². The minimum atomic E-state index is 0.0583. The normalized spacial score (nSPS) is 29.1. The lowest BCUT2D eigenvalue weighted by molar-refractivity contribution is -0.133. The third-order valence-corrected chi connectivity index (χ3v) is 5.64. The van der Waals surface area contributed by atoms with E-state index in [2.05, 4.69) is 29.8 Å². The SMILES string of the molecule is CCN(Cc1cccs1)C(=O)C1CC2CCCCC2N1. The molecule has 0 bridgehead atoms. The fraction of sp³-hybridized carbons (Fsp3) is 0.688. The summed E-state index contributed by atoms with van der Waals surface area (Å²) in [5.41, 5.74) is 0. The highest BCUT2D eigenvalue weighted by Gasteiger charge is 2.39. The summed E-state index contributed by atoms with van der Waals surface area (Å²) in [6.07, 6.45) is 6.27. The summed E-state index contributed by atoms with van der Waals surface area (Å²) in [5.74, 6) is 1.04. The van der Waals surface area contributed by atoms with Gasteiger partial charge >= 0.3 is 0 Å². The summed E-state index contributed by atoms with van der Waals surface area (Å²) < 4.78 is 0. The number of fused-ring (bicyclic) bond motifs is 1. The van der Waals surface area contributed by atoms with E-state index in [0.29, 0.717) is 11.9 Å². The molecule has 4 heteroatoms. The van der Waals surface area contributed by atoms with Crippen LogP contribution < -0.4 is 5.32 Å². The summed E-state index contributed by atoms with van der Waals surface area (Å²) in [4.78, 5) is 16.0. The molecule has 3 rings (SSSR count). The van der Waals surface area contributed by atoms with E-state index >= 15 is 0 Å². The minimum Gasteiger partial charge on any atom is -0.336 e. The Morgan fingerprint density at radius 2 is 2.30 bits per heavy atom. The highest BCUT2D eigenvalue weighted by molar-refractivity contribution is 7.09. The Morgan fingerprint density at radius 1 is 1.45 bits per heavy atom.